The van der Waals surface area contributed by atoms with Crippen LogP contribution in [0.2, 0.25) is 0 Å². The Labute approximate surface area is 113 Å². The van der Waals surface area contributed by atoms with Crippen molar-refractivity contribution in [3.63, 3.8) is 0 Å². The van der Waals surface area contributed by atoms with E-state index in [-0.39, 0.29) is 0 Å². The van der Waals surface area contributed by atoms with Crippen molar-refractivity contribution in [2.24, 2.45) is 0 Å². The molecule has 1 heterocycles. The fraction of sp³-hybridized carbons (Fsp3) is 0.385. The quantitative estimate of drug-likeness (QED) is 0.943. The van der Waals surface area contributed by atoms with Crippen molar-refractivity contribution >= 4 is 0 Å². The number of hydrogen-bond acceptors (Lipinski definition) is 3. The maximum Gasteiger partial charge on any atom is 0.416 e. The molecule has 0 aliphatic heterocycles. The van der Waals surface area contributed by atoms with Crippen molar-refractivity contribution in [3.8, 4) is 5.69 Å². The van der Waals surface area contributed by atoms with Gasteiger partial charge in [-0.3, -0.25) is 0 Å². The molecule has 1 N–H and O–H groups in total. The van der Waals surface area contributed by atoms with Crippen molar-refractivity contribution in [1.29, 1.82) is 0 Å². The number of rotatable bonds is 3. The molecule has 7 heteroatoms. The maximum absolute atomic E-state index is 12.4. The van der Waals surface area contributed by atoms with Crippen LogP contribution in [0.25, 0.3) is 5.69 Å². The molecule has 0 bridgehead atoms. The van der Waals surface area contributed by atoms with Crippen LogP contribution in [0, 0.1) is 0 Å². The monoisotopic (exact) mass is 285 g/mol. The molecule has 0 atom stereocenters. The summed E-state index contributed by atoms with van der Waals surface area (Å²) >= 11 is 0. The standard InChI is InChI=1S/C13H14F3N3O/c1-12(2,20)7-10-8-19(18-17-10)11-5-3-9(4-6-11)13(14,15)16/h3-6,8,20H,7H2,1-2H3. The Hall–Kier alpha value is -1.89. The van der Waals surface area contributed by atoms with Crippen LogP contribution in [0.4, 0.5) is 13.2 Å². The van der Waals surface area contributed by atoms with E-state index in [4.69, 9.17) is 0 Å². The molecule has 108 valence electrons. The second kappa shape index (κ2) is 4.90. The lowest BCUT2D eigenvalue weighted by molar-refractivity contribution is -0.137. The first-order valence-electron chi connectivity index (χ1n) is 5.96. The van der Waals surface area contributed by atoms with Gasteiger partial charge in [0.25, 0.3) is 0 Å². The number of aliphatic hydroxyl groups is 1. The van der Waals surface area contributed by atoms with Gasteiger partial charge in [0.05, 0.1) is 28.7 Å². The number of hydrogen-bond donors (Lipinski definition) is 1. The Morgan fingerprint density at radius 1 is 1.15 bits per heavy atom. The van der Waals surface area contributed by atoms with Gasteiger partial charge in [-0.15, -0.1) is 5.10 Å². The fourth-order valence-corrected chi connectivity index (χ4v) is 1.75. The number of alkyl halides is 3. The molecule has 2 aromatic rings. The molecule has 0 fully saturated rings. The lowest BCUT2D eigenvalue weighted by Crippen LogP contribution is -2.22. The lowest BCUT2D eigenvalue weighted by Gasteiger charge is -2.13. The summed E-state index contributed by atoms with van der Waals surface area (Å²) < 4.78 is 38.7. The third-order valence-corrected chi connectivity index (χ3v) is 2.61. The minimum atomic E-state index is -4.35. The van der Waals surface area contributed by atoms with E-state index >= 15 is 0 Å². The molecule has 0 radical (unpaired) electrons. The molecule has 20 heavy (non-hydrogen) atoms. The second-order valence-electron chi connectivity index (χ2n) is 5.19. The van der Waals surface area contributed by atoms with Crippen molar-refractivity contribution in [3.05, 3.63) is 41.7 Å². The van der Waals surface area contributed by atoms with E-state index in [2.05, 4.69) is 10.3 Å². The van der Waals surface area contributed by atoms with E-state index < -0.39 is 17.3 Å². The summed E-state index contributed by atoms with van der Waals surface area (Å²) in [5.74, 6) is 0. The number of benzene rings is 1. The molecule has 0 aliphatic rings. The first-order chi connectivity index (χ1) is 9.15. The molecule has 2 rings (SSSR count). The van der Waals surface area contributed by atoms with Crippen molar-refractivity contribution in [2.75, 3.05) is 0 Å². The van der Waals surface area contributed by atoms with Crippen molar-refractivity contribution < 1.29 is 18.3 Å². The Kier molecular flexibility index (Phi) is 3.56. The summed E-state index contributed by atoms with van der Waals surface area (Å²) in [6.45, 7) is 3.29. The molecular formula is C13H14F3N3O. The van der Waals surface area contributed by atoms with E-state index in [0.717, 1.165) is 12.1 Å². The molecule has 0 spiro atoms. The predicted octanol–water partition coefficient (Wildman–Crippen LogP) is 2.60. The van der Waals surface area contributed by atoms with Crippen molar-refractivity contribution in [1.82, 2.24) is 15.0 Å². The van der Waals surface area contributed by atoms with E-state index in [0.29, 0.717) is 17.8 Å². The van der Waals surface area contributed by atoms with Crippen LogP contribution in [-0.2, 0) is 12.6 Å². The van der Waals surface area contributed by atoms with Crippen LogP contribution in [-0.4, -0.2) is 25.7 Å². The second-order valence-corrected chi connectivity index (χ2v) is 5.19. The fourth-order valence-electron chi connectivity index (χ4n) is 1.75. The van der Waals surface area contributed by atoms with Gasteiger partial charge in [0, 0.05) is 6.42 Å². The first-order valence-corrected chi connectivity index (χ1v) is 5.96. The minimum Gasteiger partial charge on any atom is -0.390 e. The summed E-state index contributed by atoms with van der Waals surface area (Å²) in [5, 5.41) is 17.4. The first kappa shape index (κ1) is 14.5. The number of aromatic nitrogens is 3. The van der Waals surface area contributed by atoms with Crippen LogP contribution in [0.3, 0.4) is 0 Å². The number of halogens is 3. The van der Waals surface area contributed by atoms with Gasteiger partial charge < -0.3 is 5.11 Å². The molecule has 0 aliphatic carbocycles. The average Bonchev–Trinajstić information content (AvgIpc) is 2.74. The van der Waals surface area contributed by atoms with Crippen LogP contribution >= 0.6 is 0 Å². The largest absolute Gasteiger partial charge is 0.416 e. The number of nitrogens with zero attached hydrogens (tertiary/aromatic N) is 3. The highest BCUT2D eigenvalue weighted by atomic mass is 19.4. The van der Waals surface area contributed by atoms with Gasteiger partial charge in [0.1, 0.15) is 0 Å². The summed E-state index contributed by atoms with van der Waals surface area (Å²) in [6, 6.07) is 4.63. The van der Waals surface area contributed by atoms with Gasteiger partial charge in [0.2, 0.25) is 0 Å². The smallest absolute Gasteiger partial charge is 0.390 e. The molecule has 1 aromatic carbocycles. The van der Waals surface area contributed by atoms with E-state index in [9.17, 15) is 18.3 Å². The molecule has 0 saturated heterocycles. The van der Waals surface area contributed by atoms with Gasteiger partial charge in [-0.25, -0.2) is 4.68 Å². The molecule has 1 aromatic heterocycles. The third kappa shape index (κ3) is 3.57. The Morgan fingerprint density at radius 3 is 2.25 bits per heavy atom. The van der Waals surface area contributed by atoms with Gasteiger partial charge in [-0.05, 0) is 38.1 Å². The zero-order chi connectivity index (χ0) is 15.0. The minimum absolute atomic E-state index is 0.313. The molecule has 0 saturated carbocycles. The lowest BCUT2D eigenvalue weighted by atomic mass is 10.0. The zero-order valence-corrected chi connectivity index (χ0v) is 11.0. The Bertz CT molecular complexity index is 582. The van der Waals surface area contributed by atoms with Crippen LogP contribution < -0.4 is 0 Å². The van der Waals surface area contributed by atoms with Gasteiger partial charge in [-0.1, -0.05) is 5.21 Å². The maximum atomic E-state index is 12.4. The molecule has 0 unspecified atom stereocenters. The molecule has 0 amide bonds. The van der Waals surface area contributed by atoms with Gasteiger partial charge >= 0.3 is 6.18 Å². The summed E-state index contributed by atoms with van der Waals surface area (Å²) in [5.41, 5.74) is -0.580. The highest BCUT2D eigenvalue weighted by molar-refractivity contribution is 5.34. The summed E-state index contributed by atoms with van der Waals surface area (Å²) in [7, 11) is 0. The average molecular weight is 285 g/mol. The molecule has 4 nitrogen and oxygen atoms in total. The SMILES string of the molecule is CC(C)(O)Cc1cn(-c2ccc(C(F)(F)F)cc2)nn1. The topological polar surface area (TPSA) is 50.9 Å². The highest BCUT2D eigenvalue weighted by Gasteiger charge is 2.30. The van der Waals surface area contributed by atoms with Gasteiger partial charge in [-0.2, -0.15) is 13.2 Å². The van der Waals surface area contributed by atoms with Crippen LogP contribution in [0.5, 0.6) is 0 Å². The predicted molar refractivity (Wildman–Crippen MR) is 66.4 cm³/mol. The highest BCUT2D eigenvalue weighted by Crippen LogP contribution is 2.29. The Morgan fingerprint density at radius 2 is 1.75 bits per heavy atom. The third-order valence-electron chi connectivity index (χ3n) is 2.61. The normalized spacial score (nSPS) is 12.7. The zero-order valence-electron chi connectivity index (χ0n) is 11.0. The molecular weight excluding hydrogens is 271 g/mol. The van der Waals surface area contributed by atoms with E-state index in [1.165, 1.54) is 16.8 Å². The van der Waals surface area contributed by atoms with E-state index in [1.807, 2.05) is 0 Å². The Balaban J connectivity index is 2.20. The van der Waals surface area contributed by atoms with Gasteiger partial charge in [0.15, 0.2) is 0 Å². The van der Waals surface area contributed by atoms with Crippen molar-refractivity contribution in [2.45, 2.75) is 32.0 Å². The van der Waals surface area contributed by atoms with Crippen LogP contribution in [0.1, 0.15) is 25.1 Å². The summed E-state index contributed by atoms with van der Waals surface area (Å²) in [6.07, 6.45) is -2.46. The summed E-state index contributed by atoms with van der Waals surface area (Å²) in [4.78, 5) is 0. The van der Waals surface area contributed by atoms with Crippen LogP contribution in [0.15, 0.2) is 30.5 Å². The van der Waals surface area contributed by atoms with E-state index in [1.54, 1.807) is 20.0 Å².